The molecule has 1 aromatic rings. The maximum atomic E-state index is 11.8. The fraction of sp³-hybridized carbons (Fsp3) is 0.462. The van der Waals surface area contributed by atoms with Crippen LogP contribution in [0.5, 0.6) is 0 Å². The van der Waals surface area contributed by atoms with Crippen molar-refractivity contribution in [1.82, 2.24) is 0 Å². The molecule has 1 aromatic carbocycles. The maximum Gasteiger partial charge on any atom is 0.323 e. The highest BCUT2D eigenvalue weighted by molar-refractivity contribution is 7.93. The van der Waals surface area contributed by atoms with E-state index in [-0.39, 0.29) is 13.2 Å². The van der Waals surface area contributed by atoms with E-state index in [2.05, 4.69) is 9.46 Å². The largest absolute Gasteiger partial charge is 0.465 e. The summed E-state index contributed by atoms with van der Waals surface area (Å²) < 4.78 is 30.5. The van der Waals surface area contributed by atoms with Crippen LogP contribution in [0.25, 0.3) is 0 Å². The zero-order valence-electron chi connectivity index (χ0n) is 11.3. The van der Waals surface area contributed by atoms with Gasteiger partial charge in [-0.1, -0.05) is 12.1 Å². The number of aliphatic hydroxyl groups is 1. The van der Waals surface area contributed by atoms with Crippen molar-refractivity contribution < 1.29 is 23.1 Å². The van der Waals surface area contributed by atoms with Gasteiger partial charge in [0.2, 0.25) is 10.0 Å². The molecular weight excluding hydrogens is 282 g/mol. The van der Waals surface area contributed by atoms with E-state index in [1.807, 2.05) is 6.07 Å². The molecule has 6 nitrogen and oxygen atoms in total. The molecule has 1 rings (SSSR count). The van der Waals surface area contributed by atoms with Gasteiger partial charge in [0, 0.05) is 12.3 Å². The van der Waals surface area contributed by atoms with Crippen molar-refractivity contribution in [2.24, 2.45) is 0 Å². The molecule has 20 heavy (non-hydrogen) atoms. The highest BCUT2D eigenvalue weighted by Crippen LogP contribution is 2.14. The lowest BCUT2D eigenvalue weighted by molar-refractivity contribution is -0.139. The molecule has 0 fully saturated rings. The van der Waals surface area contributed by atoms with E-state index in [1.54, 1.807) is 25.1 Å². The van der Waals surface area contributed by atoms with Crippen LogP contribution in [0.15, 0.2) is 24.3 Å². The Bertz CT molecular complexity index is 541. The van der Waals surface area contributed by atoms with Crippen molar-refractivity contribution in [2.45, 2.75) is 19.8 Å². The van der Waals surface area contributed by atoms with Crippen LogP contribution in [0.2, 0.25) is 0 Å². The number of rotatable bonds is 8. The van der Waals surface area contributed by atoms with Gasteiger partial charge in [-0.25, -0.2) is 8.42 Å². The topological polar surface area (TPSA) is 92.7 Å². The van der Waals surface area contributed by atoms with Crippen LogP contribution in [0.4, 0.5) is 5.69 Å². The number of sulfonamides is 1. The lowest BCUT2D eigenvalue weighted by Gasteiger charge is -2.09. The molecular formula is C13H19NO5S. The first-order valence-electron chi connectivity index (χ1n) is 6.32. The van der Waals surface area contributed by atoms with Gasteiger partial charge in [0.25, 0.3) is 0 Å². The molecule has 0 spiro atoms. The van der Waals surface area contributed by atoms with Gasteiger partial charge in [-0.2, -0.15) is 0 Å². The molecule has 0 unspecified atom stereocenters. The van der Waals surface area contributed by atoms with E-state index in [0.29, 0.717) is 18.5 Å². The number of benzene rings is 1. The number of hydrogen-bond donors (Lipinski definition) is 2. The second kappa shape index (κ2) is 7.86. The number of carbonyl (C=O) groups is 1. The van der Waals surface area contributed by atoms with Crippen molar-refractivity contribution in [3.8, 4) is 0 Å². The third kappa shape index (κ3) is 6.03. The van der Waals surface area contributed by atoms with Crippen LogP contribution in [-0.2, 0) is 26.0 Å². The lowest BCUT2D eigenvalue weighted by Crippen LogP contribution is -2.24. The van der Waals surface area contributed by atoms with Crippen molar-refractivity contribution in [3.05, 3.63) is 29.8 Å². The summed E-state index contributed by atoms with van der Waals surface area (Å²) in [6, 6.07) is 6.84. The summed E-state index contributed by atoms with van der Waals surface area (Å²) in [4.78, 5) is 11.2. The van der Waals surface area contributed by atoms with Crippen LogP contribution in [0.1, 0.15) is 18.9 Å². The predicted octanol–water partition coefficient (Wildman–Crippen LogP) is 0.916. The van der Waals surface area contributed by atoms with Crippen molar-refractivity contribution in [3.63, 3.8) is 0 Å². The normalized spacial score (nSPS) is 11.1. The number of hydrogen-bond acceptors (Lipinski definition) is 5. The SMILES string of the molecule is CCOC(=O)CS(=O)(=O)Nc1cccc(CCCO)c1. The first-order valence-corrected chi connectivity index (χ1v) is 7.98. The quantitative estimate of drug-likeness (QED) is 0.696. The lowest BCUT2D eigenvalue weighted by atomic mass is 10.1. The Morgan fingerprint density at radius 3 is 2.80 bits per heavy atom. The summed E-state index contributed by atoms with van der Waals surface area (Å²) in [6.45, 7) is 1.84. The number of aliphatic hydroxyl groups excluding tert-OH is 1. The van der Waals surface area contributed by atoms with Crippen molar-refractivity contribution in [2.75, 3.05) is 23.7 Å². The molecule has 0 amide bonds. The van der Waals surface area contributed by atoms with E-state index >= 15 is 0 Å². The van der Waals surface area contributed by atoms with Gasteiger partial charge in [-0.05, 0) is 37.5 Å². The summed E-state index contributed by atoms with van der Waals surface area (Å²) in [7, 11) is -3.77. The zero-order chi connectivity index (χ0) is 15.0. The van der Waals surface area contributed by atoms with Crippen LogP contribution < -0.4 is 4.72 Å². The molecule has 7 heteroatoms. The van der Waals surface area contributed by atoms with Crippen LogP contribution in [0, 0.1) is 0 Å². The summed E-state index contributed by atoms with van der Waals surface area (Å²) >= 11 is 0. The molecule has 0 aliphatic carbocycles. The Morgan fingerprint density at radius 1 is 1.40 bits per heavy atom. The number of ether oxygens (including phenoxy) is 1. The molecule has 0 aliphatic heterocycles. The summed E-state index contributed by atoms with van der Waals surface area (Å²) in [5.41, 5.74) is 1.31. The summed E-state index contributed by atoms with van der Waals surface area (Å²) in [5, 5.41) is 8.77. The van der Waals surface area contributed by atoms with Gasteiger partial charge in [0.1, 0.15) is 0 Å². The van der Waals surface area contributed by atoms with Gasteiger partial charge < -0.3 is 9.84 Å². The standard InChI is InChI=1S/C13H19NO5S/c1-2-19-13(16)10-20(17,18)14-12-7-3-5-11(9-12)6-4-8-15/h3,5,7,9,14-15H,2,4,6,8,10H2,1H3. The van der Waals surface area contributed by atoms with Crippen LogP contribution in [0.3, 0.4) is 0 Å². The second-order valence-corrected chi connectivity index (χ2v) is 5.92. The van der Waals surface area contributed by atoms with E-state index in [1.165, 1.54) is 0 Å². The maximum absolute atomic E-state index is 11.8. The number of nitrogens with one attached hydrogen (secondary N) is 1. The molecule has 0 bridgehead atoms. The average Bonchev–Trinajstić information content (AvgIpc) is 2.35. The zero-order valence-corrected chi connectivity index (χ0v) is 12.1. The van der Waals surface area contributed by atoms with E-state index < -0.39 is 21.7 Å². The van der Waals surface area contributed by atoms with E-state index in [4.69, 9.17) is 5.11 Å². The third-order valence-corrected chi connectivity index (χ3v) is 3.60. The van der Waals surface area contributed by atoms with E-state index in [0.717, 1.165) is 5.56 Å². The number of carbonyl (C=O) groups excluding carboxylic acids is 1. The van der Waals surface area contributed by atoms with Crippen molar-refractivity contribution in [1.29, 1.82) is 0 Å². The molecule has 2 N–H and O–H groups in total. The highest BCUT2D eigenvalue weighted by Gasteiger charge is 2.17. The number of anilines is 1. The fourth-order valence-corrected chi connectivity index (χ4v) is 2.60. The Morgan fingerprint density at radius 2 is 2.15 bits per heavy atom. The molecule has 0 atom stereocenters. The molecule has 0 saturated heterocycles. The molecule has 0 radical (unpaired) electrons. The van der Waals surface area contributed by atoms with Gasteiger partial charge in [0.05, 0.1) is 6.61 Å². The summed E-state index contributed by atoms with van der Waals surface area (Å²) in [5.74, 6) is -1.49. The molecule has 0 heterocycles. The molecule has 0 saturated carbocycles. The Hall–Kier alpha value is -1.60. The van der Waals surface area contributed by atoms with Crippen molar-refractivity contribution >= 4 is 21.7 Å². The smallest absolute Gasteiger partial charge is 0.323 e. The second-order valence-electron chi connectivity index (χ2n) is 4.19. The van der Waals surface area contributed by atoms with Gasteiger partial charge in [0.15, 0.2) is 5.75 Å². The first-order chi connectivity index (χ1) is 9.46. The minimum Gasteiger partial charge on any atom is -0.465 e. The van der Waals surface area contributed by atoms with Crippen LogP contribution >= 0.6 is 0 Å². The van der Waals surface area contributed by atoms with Crippen LogP contribution in [-0.4, -0.2) is 38.5 Å². The Balaban J connectivity index is 2.69. The predicted molar refractivity (Wildman–Crippen MR) is 75.9 cm³/mol. The summed E-state index contributed by atoms with van der Waals surface area (Å²) in [6.07, 6.45) is 1.27. The highest BCUT2D eigenvalue weighted by atomic mass is 32.2. The Labute approximate surface area is 118 Å². The number of aryl methyl sites for hydroxylation is 1. The molecule has 112 valence electrons. The monoisotopic (exact) mass is 301 g/mol. The fourth-order valence-electron chi connectivity index (χ4n) is 1.65. The average molecular weight is 301 g/mol. The third-order valence-electron chi connectivity index (χ3n) is 2.44. The first kappa shape index (κ1) is 16.5. The minimum absolute atomic E-state index is 0.0822. The Kier molecular flexibility index (Phi) is 6.47. The van der Waals surface area contributed by atoms with Gasteiger partial charge in [-0.15, -0.1) is 0 Å². The van der Waals surface area contributed by atoms with E-state index in [9.17, 15) is 13.2 Å². The molecule has 0 aromatic heterocycles. The van der Waals surface area contributed by atoms with Gasteiger partial charge in [-0.3, -0.25) is 9.52 Å². The number of esters is 1. The van der Waals surface area contributed by atoms with Gasteiger partial charge >= 0.3 is 5.97 Å². The minimum atomic E-state index is -3.77. The molecule has 0 aliphatic rings.